The van der Waals surface area contributed by atoms with Gasteiger partial charge in [-0.05, 0) is 34.5 Å². The van der Waals surface area contributed by atoms with Gasteiger partial charge in [0.2, 0.25) is 0 Å². The van der Waals surface area contributed by atoms with Gasteiger partial charge in [0.1, 0.15) is 6.10 Å². The van der Waals surface area contributed by atoms with E-state index in [4.69, 9.17) is 4.74 Å². The average Bonchev–Trinajstić information content (AvgIpc) is 3.41. The number of carbonyl (C=O) groups excluding carboxylic acids is 1. The van der Waals surface area contributed by atoms with Gasteiger partial charge >= 0.3 is 17.4 Å². The molecule has 3 rings (SSSR count). The number of carbonyl (C=O) groups is 1. The van der Waals surface area contributed by atoms with Crippen LogP contribution in [-0.4, -0.2) is 43.1 Å². The van der Waals surface area contributed by atoms with Gasteiger partial charge in [-0.3, -0.25) is 0 Å². The summed E-state index contributed by atoms with van der Waals surface area (Å²) in [6.07, 6.45) is -10.5. The second-order valence-electron chi connectivity index (χ2n) is 5.99. The Bertz CT molecular complexity index is 1030. The number of rotatable bonds is 5. The molecule has 6 nitrogen and oxygen atoms in total. The topological polar surface area (TPSA) is 96.0 Å². The molecule has 0 bridgehead atoms. The Kier molecular flexibility index (Phi) is 4.84. The molecule has 2 aromatic carbocycles. The summed E-state index contributed by atoms with van der Waals surface area (Å²) in [4.78, 5) is 11.9. The van der Waals surface area contributed by atoms with E-state index >= 15 is 0 Å². The molecule has 28 heavy (non-hydrogen) atoms. The largest absolute Gasteiger partial charge is 0.743 e. The van der Waals surface area contributed by atoms with Gasteiger partial charge in [0, 0.05) is 0 Å². The smallest absolute Gasteiger partial charge is 0.432 e. The van der Waals surface area contributed by atoms with Crippen LogP contribution in [0.1, 0.15) is 22.0 Å². The van der Waals surface area contributed by atoms with Gasteiger partial charge in [0.25, 0.3) is 6.10 Å². The number of halogens is 5. The van der Waals surface area contributed by atoms with E-state index in [1.807, 2.05) is 0 Å². The van der Waals surface area contributed by atoms with Crippen molar-refractivity contribution in [1.82, 2.24) is 0 Å². The highest BCUT2D eigenvalue weighted by Crippen LogP contribution is 2.38. The zero-order valence-corrected chi connectivity index (χ0v) is 14.4. The van der Waals surface area contributed by atoms with Crippen molar-refractivity contribution in [3.05, 3.63) is 47.5 Å². The number of epoxide rings is 1. The first-order valence-electron chi connectivity index (χ1n) is 7.57. The lowest BCUT2D eigenvalue weighted by molar-refractivity contribution is -0.248. The SMILES string of the molecule is O=C(OC(C(F)(F)F)C(F)(F)S(=O)(=O)[O-])c1ccc2cc(C3CO3)ccc2c1. The summed E-state index contributed by atoms with van der Waals surface area (Å²) >= 11 is 0. The highest BCUT2D eigenvalue weighted by molar-refractivity contribution is 7.86. The van der Waals surface area contributed by atoms with E-state index in [0.717, 1.165) is 17.7 Å². The van der Waals surface area contributed by atoms with Crippen molar-refractivity contribution in [2.24, 2.45) is 0 Å². The minimum absolute atomic E-state index is 0.0575. The van der Waals surface area contributed by atoms with Gasteiger partial charge in [-0.1, -0.05) is 18.2 Å². The summed E-state index contributed by atoms with van der Waals surface area (Å²) in [6.45, 7) is 0.547. The second kappa shape index (κ2) is 6.64. The van der Waals surface area contributed by atoms with Crippen LogP contribution in [0.2, 0.25) is 0 Å². The van der Waals surface area contributed by atoms with Gasteiger partial charge in [0.05, 0.1) is 12.2 Å². The van der Waals surface area contributed by atoms with Crippen LogP contribution in [0.25, 0.3) is 10.8 Å². The van der Waals surface area contributed by atoms with E-state index < -0.39 is 39.2 Å². The van der Waals surface area contributed by atoms with E-state index in [1.54, 1.807) is 18.2 Å². The van der Waals surface area contributed by atoms with Crippen molar-refractivity contribution in [3.63, 3.8) is 0 Å². The summed E-state index contributed by atoms with van der Waals surface area (Å²) in [6, 6.07) is 8.39. The van der Waals surface area contributed by atoms with Crippen molar-refractivity contribution in [2.45, 2.75) is 23.6 Å². The molecule has 1 heterocycles. The number of ether oxygens (including phenoxy) is 2. The molecule has 0 aromatic heterocycles. The predicted molar refractivity (Wildman–Crippen MR) is 82.5 cm³/mol. The van der Waals surface area contributed by atoms with Crippen molar-refractivity contribution in [3.8, 4) is 0 Å². The van der Waals surface area contributed by atoms with Crippen molar-refractivity contribution >= 4 is 26.9 Å². The number of benzene rings is 2. The van der Waals surface area contributed by atoms with Crippen LogP contribution in [0.3, 0.4) is 0 Å². The fraction of sp³-hybridized carbons (Fsp3) is 0.312. The Hall–Kier alpha value is -2.31. The summed E-state index contributed by atoms with van der Waals surface area (Å²) in [5.74, 6) is -1.86. The van der Waals surface area contributed by atoms with Crippen molar-refractivity contribution in [1.29, 1.82) is 0 Å². The Morgan fingerprint density at radius 3 is 2.21 bits per heavy atom. The number of hydrogen-bond donors (Lipinski definition) is 0. The second-order valence-corrected chi connectivity index (χ2v) is 7.44. The Labute approximate surface area is 154 Å². The molecular weight excluding hydrogens is 415 g/mol. The zero-order chi connectivity index (χ0) is 20.9. The first-order valence-corrected chi connectivity index (χ1v) is 8.98. The molecule has 0 spiro atoms. The van der Waals surface area contributed by atoms with E-state index in [2.05, 4.69) is 4.74 Å². The maximum Gasteiger partial charge on any atom is 0.432 e. The number of fused-ring (bicyclic) bond motifs is 1. The lowest BCUT2D eigenvalue weighted by Crippen LogP contribution is -2.52. The molecular formula is C16H10F5O6S-. The fourth-order valence-electron chi connectivity index (χ4n) is 2.46. The number of alkyl halides is 5. The van der Waals surface area contributed by atoms with Crippen LogP contribution in [0.5, 0.6) is 0 Å². The van der Waals surface area contributed by atoms with E-state index in [1.165, 1.54) is 6.07 Å². The maximum atomic E-state index is 13.4. The van der Waals surface area contributed by atoms with Crippen LogP contribution in [0.4, 0.5) is 22.0 Å². The third-order valence-corrected chi connectivity index (χ3v) is 4.85. The van der Waals surface area contributed by atoms with Gasteiger partial charge in [-0.25, -0.2) is 13.2 Å². The van der Waals surface area contributed by atoms with E-state index in [9.17, 15) is 39.7 Å². The lowest BCUT2D eigenvalue weighted by atomic mass is 10.0. The highest BCUT2D eigenvalue weighted by atomic mass is 32.2. The molecule has 0 N–H and O–H groups in total. The van der Waals surface area contributed by atoms with Gasteiger partial charge in [-0.15, -0.1) is 0 Å². The zero-order valence-electron chi connectivity index (χ0n) is 13.6. The van der Waals surface area contributed by atoms with Crippen molar-refractivity contribution in [2.75, 3.05) is 6.61 Å². The molecule has 0 amide bonds. The molecule has 2 atom stereocenters. The normalized spacial score (nSPS) is 18.7. The van der Waals surface area contributed by atoms with Crippen LogP contribution in [0.15, 0.2) is 36.4 Å². The Morgan fingerprint density at radius 2 is 1.68 bits per heavy atom. The molecule has 1 fully saturated rings. The lowest BCUT2D eigenvalue weighted by Gasteiger charge is -2.29. The van der Waals surface area contributed by atoms with Crippen LogP contribution >= 0.6 is 0 Å². The molecule has 1 saturated heterocycles. The first kappa shape index (κ1) is 20.4. The number of hydrogen-bond acceptors (Lipinski definition) is 6. The van der Waals surface area contributed by atoms with Crippen LogP contribution in [-0.2, 0) is 19.6 Å². The summed E-state index contributed by atoms with van der Waals surface area (Å²) < 4.78 is 106. The summed E-state index contributed by atoms with van der Waals surface area (Å²) in [5.41, 5.74) is 0.316. The van der Waals surface area contributed by atoms with Gasteiger partial charge < -0.3 is 14.0 Å². The predicted octanol–water partition coefficient (Wildman–Crippen LogP) is 3.14. The molecule has 2 unspecified atom stereocenters. The average molecular weight is 425 g/mol. The molecule has 1 aliphatic heterocycles. The first-order chi connectivity index (χ1) is 12.8. The standard InChI is InChI=1S/C16H11F5O6S/c17-15(18,19)14(16(20,21)28(23,24)25)27-13(22)11-4-2-8-5-10(12-7-26-12)3-1-9(8)6-11/h1-6,12,14H,7H2,(H,23,24,25)/p-1. The number of esters is 1. The van der Waals surface area contributed by atoms with E-state index in [0.29, 0.717) is 17.4 Å². The molecule has 0 saturated carbocycles. The fourth-order valence-corrected chi connectivity index (χ4v) is 2.91. The summed E-state index contributed by atoms with van der Waals surface area (Å²) in [5, 5.41) is -4.90. The molecule has 152 valence electrons. The quantitative estimate of drug-likeness (QED) is 0.316. The van der Waals surface area contributed by atoms with Gasteiger partial charge in [0.15, 0.2) is 10.1 Å². The van der Waals surface area contributed by atoms with Crippen LogP contribution < -0.4 is 0 Å². The third kappa shape index (κ3) is 3.93. The molecule has 12 heteroatoms. The minimum Gasteiger partial charge on any atom is -0.743 e. The third-order valence-electron chi connectivity index (χ3n) is 3.97. The maximum absolute atomic E-state index is 13.4. The monoisotopic (exact) mass is 425 g/mol. The van der Waals surface area contributed by atoms with Gasteiger partial charge in [-0.2, -0.15) is 22.0 Å². The Balaban J connectivity index is 1.90. The molecule has 0 radical (unpaired) electrons. The minimum atomic E-state index is -6.75. The Morgan fingerprint density at radius 1 is 1.11 bits per heavy atom. The van der Waals surface area contributed by atoms with Crippen molar-refractivity contribution < 1.29 is 49.2 Å². The molecule has 0 aliphatic carbocycles. The van der Waals surface area contributed by atoms with E-state index in [-0.39, 0.29) is 6.10 Å². The highest BCUT2D eigenvalue weighted by Gasteiger charge is 2.63. The van der Waals surface area contributed by atoms with Crippen LogP contribution in [0, 0.1) is 0 Å². The molecule has 2 aromatic rings. The molecule has 1 aliphatic rings. The summed E-state index contributed by atoms with van der Waals surface area (Å²) in [7, 11) is -6.75.